The zero-order valence-corrected chi connectivity index (χ0v) is 10.7. The van der Waals surface area contributed by atoms with Crippen LogP contribution in [0, 0.1) is 5.41 Å². The predicted molar refractivity (Wildman–Crippen MR) is 72.4 cm³/mol. The maximum Gasteiger partial charge on any atom is 0.0138 e. The van der Waals surface area contributed by atoms with E-state index >= 15 is 0 Å². The van der Waals surface area contributed by atoms with Gasteiger partial charge in [0, 0.05) is 6.54 Å². The third kappa shape index (κ3) is 6.41. The van der Waals surface area contributed by atoms with Crippen LogP contribution in [0.4, 0.5) is 0 Å². The van der Waals surface area contributed by atoms with Gasteiger partial charge in [0.15, 0.2) is 0 Å². The highest BCUT2D eigenvalue weighted by Crippen LogP contribution is 2.16. The van der Waals surface area contributed by atoms with Crippen LogP contribution in [0.2, 0.25) is 0 Å². The average molecular weight is 217 g/mol. The molecule has 0 aliphatic carbocycles. The summed E-state index contributed by atoms with van der Waals surface area (Å²) < 4.78 is 0. The summed E-state index contributed by atoms with van der Waals surface area (Å²) in [5, 5.41) is 3.43. The first-order chi connectivity index (χ1) is 7.58. The molecule has 0 spiro atoms. The average Bonchev–Trinajstić information content (AvgIpc) is 2.23. The second kappa shape index (κ2) is 6.49. The summed E-state index contributed by atoms with van der Waals surface area (Å²) in [4.78, 5) is 0. The lowest BCUT2D eigenvalue weighted by Crippen LogP contribution is -2.20. The molecule has 88 valence electrons. The van der Waals surface area contributed by atoms with Gasteiger partial charge in [0.05, 0.1) is 0 Å². The number of nitrogens with one attached hydrogen (secondary N) is 1. The van der Waals surface area contributed by atoms with E-state index in [9.17, 15) is 0 Å². The highest BCUT2D eigenvalue weighted by Gasteiger charge is 2.07. The fraction of sp³-hybridized carbons (Fsp3) is 0.467. The van der Waals surface area contributed by atoms with E-state index in [1.807, 2.05) is 6.07 Å². The van der Waals surface area contributed by atoms with Crippen molar-refractivity contribution in [3.05, 3.63) is 42.0 Å². The summed E-state index contributed by atoms with van der Waals surface area (Å²) in [7, 11) is 0. The van der Waals surface area contributed by atoms with Crippen LogP contribution in [0.5, 0.6) is 0 Å². The molecule has 0 amide bonds. The molecule has 0 aromatic heterocycles. The number of hydrogen-bond donors (Lipinski definition) is 1. The molecule has 1 N–H and O–H groups in total. The summed E-state index contributed by atoms with van der Waals surface area (Å²) in [6.07, 6.45) is 5.55. The first-order valence-electron chi connectivity index (χ1n) is 6.00. The minimum atomic E-state index is 0.427. The largest absolute Gasteiger partial charge is 0.313 e. The fourth-order valence-corrected chi connectivity index (χ4v) is 1.41. The molecule has 0 saturated carbocycles. The first kappa shape index (κ1) is 13.0. The molecular weight excluding hydrogens is 194 g/mol. The van der Waals surface area contributed by atoms with Gasteiger partial charge in [-0.25, -0.2) is 0 Å². The van der Waals surface area contributed by atoms with E-state index in [1.54, 1.807) is 0 Å². The summed E-state index contributed by atoms with van der Waals surface area (Å²) in [6.45, 7) is 8.85. The monoisotopic (exact) mass is 217 g/mol. The molecule has 1 heteroatoms. The SMILES string of the molecule is CC(C)(C)CCNC/C=C/c1ccccc1. The fourth-order valence-electron chi connectivity index (χ4n) is 1.41. The van der Waals surface area contributed by atoms with Gasteiger partial charge in [-0.3, -0.25) is 0 Å². The summed E-state index contributed by atoms with van der Waals surface area (Å²) >= 11 is 0. The Labute approximate surface area is 99.6 Å². The molecule has 0 unspecified atom stereocenters. The Balaban J connectivity index is 2.14. The Morgan fingerprint density at radius 1 is 1.12 bits per heavy atom. The number of benzene rings is 1. The topological polar surface area (TPSA) is 12.0 Å². The Morgan fingerprint density at radius 3 is 2.44 bits per heavy atom. The van der Waals surface area contributed by atoms with Gasteiger partial charge in [0.1, 0.15) is 0 Å². The third-order valence-electron chi connectivity index (χ3n) is 2.42. The summed E-state index contributed by atoms with van der Waals surface area (Å²) in [6, 6.07) is 10.4. The van der Waals surface area contributed by atoms with Crippen molar-refractivity contribution in [2.24, 2.45) is 5.41 Å². The molecule has 0 bridgehead atoms. The van der Waals surface area contributed by atoms with Crippen LogP contribution in [0.3, 0.4) is 0 Å². The smallest absolute Gasteiger partial charge is 0.0138 e. The summed E-state index contributed by atoms with van der Waals surface area (Å²) in [5.74, 6) is 0. The van der Waals surface area contributed by atoms with E-state index in [0.29, 0.717) is 5.41 Å². The second-order valence-corrected chi connectivity index (χ2v) is 5.33. The van der Waals surface area contributed by atoms with Gasteiger partial charge in [0.2, 0.25) is 0 Å². The van der Waals surface area contributed by atoms with E-state index in [1.165, 1.54) is 12.0 Å². The minimum Gasteiger partial charge on any atom is -0.313 e. The van der Waals surface area contributed by atoms with Gasteiger partial charge in [-0.15, -0.1) is 0 Å². The van der Waals surface area contributed by atoms with E-state index in [4.69, 9.17) is 0 Å². The maximum absolute atomic E-state index is 3.43. The quantitative estimate of drug-likeness (QED) is 0.741. The Kier molecular flexibility index (Phi) is 5.27. The van der Waals surface area contributed by atoms with Crippen molar-refractivity contribution >= 4 is 6.08 Å². The molecule has 0 atom stereocenters. The molecule has 1 rings (SSSR count). The molecule has 0 aliphatic heterocycles. The molecule has 16 heavy (non-hydrogen) atoms. The van der Waals surface area contributed by atoms with Crippen molar-refractivity contribution in [1.82, 2.24) is 5.32 Å². The van der Waals surface area contributed by atoms with E-state index in [-0.39, 0.29) is 0 Å². The Morgan fingerprint density at radius 2 is 1.81 bits per heavy atom. The molecule has 0 fully saturated rings. The molecular formula is C15H23N. The second-order valence-electron chi connectivity index (χ2n) is 5.33. The van der Waals surface area contributed by atoms with Crippen LogP contribution in [0.25, 0.3) is 6.08 Å². The van der Waals surface area contributed by atoms with Crippen molar-refractivity contribution in [2.75, 3.05) is 13.1 Å². The standard InChI is InChI=1S/C15H23N/c1-15(2,3)11-13-16-12-7-10-14-8-5-4-6-9-14/h4-10,16H,11-13H2,1-3H3/b10-7+. The molecule has 1 aromatic carbocycles. The van der Waals surface area contributed by atoms with Crippen molar-refractivity contribution < 1.29 is 0 Å². The van der Waals surface area contributed by atoms with Crippen LogP contribution < -0.4 is 5.32 Å². The highest BCUT2D eigenvalue weighted by atomic mass is 14.8. The van der Waals surface area contributed by atoms with Crippen molar-refractivity contribution in [3.8, 4) is 0 Å². The lowest BCUT2D eigenvalue weighted by Gasteiger charge is -2.17. The van der Waals surface area contributed by atoms with Gasteiger partial charge in [-0.1, -0.05) is 63.3 Å². The van der Waals surface area contributed by atoms with Crippen LogP contribution in [0.15, 0.2) is 36.4 Å². The number of rotatable bonds is 5. The van der Waals surface area contributed by atoms with Crippen molar-refractivity contribution in [1.29, 1.82) is 0 Å². The van der Waals surface area contributed by atoms with Gasteiger partial charge in [-0.2, -0.15) is 0 Å². The van der Waals surface area contributed by atoms with Gasteiger partial charge < -0.3 is 5.32 Å². The maximum atomic E-state index is 3.43. The van der Waals surface area contributed by atoms with Crippen molar-refractivity contribution in [2.45, 2.75) is 27.2 Å². The van der Waals surface area contributed by atoms with Gasteiger partial charge in [-0.05, 0) is 23.9 Å². The lowest BCUT2D eigenvalue weighted by atomic mass is 9.92. The Bertz CT molecular complexity index is 306. The zero-order valence-electron chi connectivity index (χ0n) is 10.7. The van der Waals surface area contributed by atoms with E-state index in [0.717, 1.165) is 13.1 Å². The van der Waals surface area contributed by atoms with Crippen LogP contribution in [-0.4, -0.2) is 13.1 Å². The molecule has 0 radical (unpaired) electrons. The summed E-state index contributed by atoms with van der Waals surface area (Å²) in [5.41, 5.74) is 1.69. The van der Waals surface area contributed by atoms with Crippen LogP contribution in [-0.2, 0) is 0 Å². The molecule has 1 aromatic rings. The van der Waals surface area contributed by atoms with Crippen LogP contribution >= 0.6 is 0 Å². The minimum absolute atomic E-state index is 0.427. The normalized spacial score (nSPS) is 12.2. The highest BCUT2D eigenvalue weighted by molar-refractivity contribution is 5.48. The lowest BCUT2D eigenvalue weighted by molar-refractivity contribution is 0.370. The molecule has 0 saturated heterocycles. The van der Waals surface area contributed by atoms with Crippen LogP contribution in [0.1, 0.15) is 32.8 Å². The third-order valence-corrected chi connectivity index (χ3v) is 2.42. The molecule has 1 nitrogen and oxygen atoms in total. The van der Waals surface area contributed by atoms with E-state index in [2.05, 4.69) is 62.5 Å². The predicted octanol–water partition coefficient (Wildman–Crippen LogP) is 3.73. The molecule has 0 aliphatic rings. The first-order valence-corrected chi connectivity index (χ1v) is 6.00. The zero-order chi connectivity index (χ0) is 11.9. The van der Waals surface area contributed by atoms with Gasteiger partial charge >= 0.3 is 0 Å². The number of hydrogen-bond acceptors (Lipinski definition) is 1. The van der Waals surface area contributed by atoms with Gasteiger partial charge in [0.25, 0.3) is 0 Å². The van der Waals surface area contributed by atoms with Crippen molar-refractivity contribution in [3.63, 3.8) is 0 Å². The Hall–Kier alpha value is -1.08. The van der Waals surface area contributed by atoms with E-state index < -0.39 is 0 Å². The molecule has 0 heterocycles.